The summed E-state index contributed by atoms with van der Waals surface area (Å²) in [5.74, 6) is 2.80. The molecule has 0 spiro atoms. The molecule has 1 aliphatic carbocycles. The van der Waals surface area contributed by atoms with Gasteiger partial charge < -0.3 is 9.88 Å². The quantitative estimate of drug-likeness (QED) is 0.836. The first-order valence-corrected chi connectivity index (χ1v) is 9.05. The lowest BCUT2D eigenvalue weighted by Crippen LogP contribution is -2.26. The van der Waals surface area contributed by atoms with Gasteiger partial charge in [0.25, 0.3) is 0 Å². The molecule has 1 N–H and O–H groups in total. The molecule has 1 unspecified atom stereocenters. The Kier molecular flexibility index (Phi) is 4.06. The van der Waals surface area contributed by atoms with Gasteiger partial charge in [-0.3, -0.25) is 0 Å². The van der Waals surface area contributed by atoms with Crippen LogP contribution in [-0.2, 0) is 0 Å². The minimum absolute atomic E-state index is 0.298. The van der Waals surface area contributed by atoms with Crippen LogP contribution in [0.15, 0.2) is 42.2 Å². The first kappa shape index (κ1) is 15.9. The van der Waals surface area contributed by atoms with Crippen LogP contribution in [0.2, 0.25) is 0 Å². The molecule has 0 amide bonds. The summed E-state index contributed by atoms with van der Waals surface area (Å²) in [6, 6.07) is 2.16. The molecule has 4 nitrogen and oxygen atoms in total. The highest BCUT2D eigenvalue weighted by Gasteiger charge is 2.19. The smallest absolute Gasteiger partial charge is 0.157 e. The summed E-state index contributed by atoms with van der Waals surface area (Å²) < 4.78 is 0. The van der Waals surface area contributed by atoms with Crippen molar-refractivity contribution in [3.05, 3.63) is 53.7 Å². The van der Waals surface area contributed by atoms with Crippen LogP contribution in [0.3, 0.4) is 0 Å². The first-order chi connectivity index (χ1) is 12.1. The normalized spacial score (nSPS) is 19.9. The SMILES string of the molecule is CC1C=CC(c2cc3nc(C(C)C)nc(N4CC=C=CC4)c3[nH]2)=CC1. The van der Waals surface area contributed by atoms with Crippen LogP contribution >= 0.6 is 0 Å². The topological polar surface area (TPSA) is 44.8 Å². The van der Waals surface area contributed by atoms with Gasteiger partial charge in [-0.25, -0.2) is 9.97 Å². The van der Waals surface area contributed by atoms with Gasteiger partial charge in [0.05, 0.1) is 5.52 Å². The van der Waals surface area contributed by atoms with E-state index >= 15 is 0 Å². The lowest BCUT2D eigenvalue weighted by molar-refractivity contribution is 0.739. The predicted molar refractivity (Wildman–Crippen MR) is 104 cm³/mol. The van der Waals surface area contributed by atoms with Crippen molar-refractivity contribution in [1.29, 1.82) is 0 Å². The Morgan fingerprint density at radius 3 is 2.72 bits per heavy atom. The molecule has 0 aromatic carbocycles. The third-order valence-corrected chi connectivity index (χ3v) is 4.78. The van der Waals surface area contributed by atoms with Crippen molar-refractivity contribution in [3.63, 3.8) is 0 Å². The highest BCUT2D eigenvalue weighted by molar-refractivity contribution is 5.91. The van der Waals surface area contributed by atoms with E-state index in [1.807, 2.05) is 12.2 Å². The number of rotatable bonds is 3. The maximum Gasteiger partial charge on any atom is 0.157 e. The molecule has 2 aliphatic rings. The second kappa shape index (κ2) is 6.38. The molecule has 2 aromatic heterocycles. The highest BCUT2D eigenvalue weighted by Crippen LogP contribution is 2.31. The zero-order valence-corrected chi connectivity index (χ0v) is 15.1. The summed E-state index contributed by atoms with van der Waals surface area (Å²) in [5, 5.41) is 0. The molecule has 25 heavy (non-hydrogen) atoms. The van der Waals surface area contributed by atoms with Gasteiger partial charge in [0.1, 0.15) is 11.3 Å². The van der Waals surface area contributed by atoms with Crippen LogP contribution in [0.4, 0.5) is 5.82 Å². The van der Waals surface area contributed by atoms with Gasteiger partial charge in [-0.05, 0) is 36.1 Å². The average Bonchev–Trinajstić information content (AvgIpc) is 3.06. The largest absolute Gasteiger partial charge is 0.350 e. The summed E-state index contributed by atoms with van der Waals surface area (Å²) in [4.78, 5) is 15.5. The zero-order chi connectivity index (χ0) is 17.4. The van der Waals surface area contributed by atoms with Crippen LogP contribution in [0.1, 0.15) is 44.6 Å². The molecule has 0 saturated carbocycles. The minimum Gasteiger partial charge on any atom is -0.350 e. The molecule has 0 saturated heterocycles. The molecule has 0 bridgehead atoms. The molecule has 0 radical (unpaired) electrons. The molecular weight excluding hydrogens is 308 g/mol. The molecule has 0 fully saturated rings. The Hall–Kier alpha value is -2.58. The number of nitrogens with one attached hydrogen (secondary N) is 1. The van der Waals surface area contributed by atoms with E-state index in [0.29, 0.717) is 11.8 Å². The fourth-order valence-corrected chi connectivity index (χ4v) is 3.24. The van der Waals surface area contributed by atoms with Crippen LogP contribution in [0.5, 0.6) is 0 Å². The second-order valence-corrected chi connectivity index (χ2v) is 7.21. The Morgan fingerprint density at radius 2 is 2.04 bits per heavy atom. The number of H-pyrrole nitrogens is 1. The lowest BCUT2D eigenvalue weighted by Gasteiger charge is -2.23. The van der Waals surface area contributed by atoms with E-state index in [4.69, 9.17) is 9.97 Å². The fraction of sp³-hybridized carbons (Fsp3) is 0.381. The molecule has 1 aliphatic heterocycles. The number of hydrogen-bond acceptors (Lipinski definition) is 3. The van der Waals surface area contributed by atoms with Gasteiger partial charge >= 0.3 is 0 Å². The van der Waals surface area contributed by atoms with Crippen LogP contribution in [-0.4, -0.2) is 28.0 Å². The second-order valence-electron chi connectivity index (χ2n) is 7.21. The molecule has 3 heterocycles. The Morgan fingerprint density at radius 1 is 1.24 bits per heavy atom. The molecule has 4 rings (SSSR count). The number of fused-ring (bicyclic) bond motifs is 1. The molecule has 128 valence electrons. The van der Waals surface area contributed by atoms with Gasteiger partial charge in [0.2, 0.25) is 0 Å². The zero-order valence-electron chi connectivity index (χ0n) is 15.1. The van der Waals surface area contributed by atoms with Crippen molar-refractivity contribution >= 4 is 22.4 Å². The average molecular weight is 332 g/mol. The van der Waals surface area contributed by atoms with Crippen LogP contribution < -0.4 is 4.90 Å². The molecule has 4 heteroatoms. The number of aromatic nitrogens is 3. The van der Waals surface area contributed by atoms with Crippen molar-refractivity contribution in [1.82, 2.24) is 15.0 Å². The molecule has 2 aromatic rings. The lowest BCUT2D eigenvalue weighted by atomic mass is 9.97. The molecule has 1 atom stereocenters. The summed E-state index contributed by atoms with van der Waals surface area (Å²) in [6.45, 7) is 8.18. The van der Waals surface area contributed by atoms with Crippen molar-refractivity contribution in [3.8, 4) is 0 Å². The van der Waals surface area contributed by atoms with Gasteiger partial charge in [-0.1, -0.05) is 39.0 Å². The summed E-state index contributed by atoms with van der Waals surface area (Å²) in [5.41, 5.74) is 7.55. The fourth-order valence-electron chi connectivity index (χ4n) is 3.24. The summed E-state index contributed by atoms with van der Waals surface area (Å²) in [6.07, 6.45) is 12.0. The van der Waals surface area contributed by atoms with Crippen molar-refractivity contribution in [2.24, 2.45) is 5.92 Å². The maximum absolute atomic E-state index is 4.87. The van der Waals surface area contributed by atoms with Gasteiger partial charge in [-0.15, -0.1) is 5.73 Å². The Labute approximate surface area is 148 Å². The van der Waals surface area contributed by atoms with E-state index in [9.17, 15) is 0 Å². The minimum atomic E-state index is 0.298. The Balaban J connectivity index is 1.82. The van der Waals surface area contributed by atoms with E-state index in [-0.39, 0.29) is 0 Å². The number of aromatic amines is 1. The number of allylic oxidation sites excluding steroid dienone is 4. The maximum atomic E-state index is 4.87. The third-order valence-electron chi connectivity index (χ3n) is 4.78. The third kappa shape index (κ3) is 3.06. The van der Waals surface area contributed by atoms with Crippen LogP contribution in [0.25, 0.3) is 16.6 Å². The van der Waals surface area contributed by atoms with Crippen molar-refractivity contribution in [2.45, 2.75) is 33.1 Å². The summed E-state index contributed by atoms with van der Waals surface area (Å²) >= 11 is 0. The first-order valence-electron chi connectivity index (χ1n) is 9.05. The number of hydrogen-bond donors (Lipinski definition) is 1. The van der Waals surface area contributed by atoms with E-state index < -0.39 is 0 Å². The van der Waals surface area contributed by atoms with E-state index in [0.717, 1.165) is 47.9 Å². The molecular formula is C21H24N4. The predicted octanol–water partition coefficient (Wildman–Crippen LogP) is 4.59. The van der Waals surface area contributed by atoms with Gasteiger partial charge in [-0.2, -0.15) is 0 Å². The van der Waals surface area contributed by atoms with E-state index in [1.165, 1.54) is 5.57 Å². The standard InChI is InChI=1S/C21H24N4/c1-14(2)20-23-18-13-17(16-9-7-15(3)8-10-16)22-19(18)21(24-20)25-11-5-4-6-12-25/h5-7,9-10,13-15,22H,8,11-12H2,1-3H3. The van der Waals surface area contributed by atoms with Crippen molar-refractivity contribution < 1.29 is 0 Å². The highest BCUT2D eigenvalue weighted by atomic mass is 15.2. The number of anilines is 1. The monoisotopic (exact) mass is 332 g/mol. The summed E-state index contributed by atoms with van der Waals surface area (Å²) in [7, 11) is 0. The van der Waals surface area contributed by atoms with Crippen LogP contribution in [0, 0.1) is 5.92 Å². The van der Waals surface area contributed by atoms with Gasteiger partial charge in [0.15, 0.2) is 5.82 Å². The Bertz CT molecular complexity index is 913. The number of nitrogens with zero attached hydrogens (tertiary/aromatic N) is 3. The van der Waals surface area contributed by atoms with E-state index in [1.54, 1.807) is 0 Å². The van der Waals surface area contributed by atoms with Crippen molar-refractivity contribution in [2.75, 3.05) is 18.0 Å². The van der Waals surface area contributed by atoms with Gasteiger partial charge in [0, 0.05) is 24.7 Å². The van der Waals surface area contributed by atoms with E-state index in [2.05, 4.69) is 60.7 Å².